The van der Waals surface area contributed by atoms with Crippen LogP contribution in [0, 0.1) is 5.92 Å². The summed E-state index contributed by atoms with van der Waals surface area (Å²) in [6.07, 6.45) is 9.29. The Kier molecular flexibility index (Phi) is 4.21. The van der Waals surface area contributed by atoms with E-state index < -0.39 is 0 Å². The molecule has 1 saturated carbocycles. The van der Waals surface area contributed by atoms with E-state index >= 15 is 0 Å². The molecule has 15 heavy (non-hydrogen) atoms. The summed E-state index contributed by atoms with van der Waals surface area (Å²) in [4.78, 5) is 0. The lowest BCUT2D eigenvalue weighted by Crippen LogP contribution is -2.23. The molecule has 1 fully saturated rings. The molecule has 0 bridgehead atoms. The largest absolute Gasteiger partial charge is 0.328 e. The van der Waals surface area contributed by atoms with Gasteiger partial charge in [-0.3, -0.25) is 0 Å². The fourth-order valence-electron chi connectivity index (χ4n) is 2.58. The normalized spacial score (nSPS) is 19.5. The van der Waals surface area contributed by atoms with Gasteiger partial charge in [-0.2, -0.15) is 11.3 Å². The van der Waals surface area contributed by atoms with Crippen LogP contribution in [0.1, 0.15) is 44.1 Å². The quantitative estimate of drug-likeness (QED) is 0.811. The first kappa shape index (κ1) is 11.2. The van der Waals surface area contributed by atoms with Crippen molar-refractivity contribution < 1.29 is 0 Å². The highest BCUT2D eigenvalue weighted by atomic mass is 32.1. The average molecular weight is 223 g/mol. The van der Waals surface area contributed by atoms with E-state index in [1.165, 1.54) is 37.7 Å². The molecule has 2 rings (SSSR count). The van der Waals surface area contributed by atoms with Crippen LogP contribution in [-0.2, 0) is 6.42 Å². The number of hydrogen-bond acceptors (Lipinski definition) is 2. The summed E-state index contributed by atoms with van der Waals surface area (Å²) in [6, 6.07) is 2.64. The van der Waals surface area contributed by atoms with Crippen LogP contribution >= 0.6 is 11.3 Å². The summed E-state index contributed by atoms with van der Waals surface area (Å²) >= 11 is 1.78. The molecule has 1 aliphatic rings. The van der Waals surface area contributed by atoms with Crippen LogP contribution in [0.2, 0.25) is 0 Å². The second kappa shape index (κ2) is 5.66. The molecule has 1 aromatic rings. The predicted octanol–water partition coefficient (Wildman–Crippen LogP) is 3.59. The van der Waals surface area contributed by atoms with E-state index in [2.05, 4.69) is 16.8 Å². The fourth-order valence-corrected chi connectivity index (χ4v) is 3.28. The zero-order chi connectivity index (χ0) is 10.5. The molecule has 0 saturated heterocycles. The minimum absolute atomic E-state index is 0.424. The van der Waals surface area contributed by atoms with Crippen molar-refractivity contribution in [3.05, 3.63) is 22.4 Å². The molecule has 1 aromatic heterocycles. The first-order valence-electron chi connectivity index (χ1n) is 6.11. The van der Waals surface area contributed by atoms with Gasteiger partial charge in [-0.25, -0.2) is 0 Å². The molecule has 0 radical (unpaired) electrons. The molecule has 0 spiro atoms. The number of nitrogens with two attached hydrogens (primary N) is 1. The Hall–Kier alpha value is -0.340. The number of thiophene rings is 1. The SMILES string of the molecule is NC(CCc1ccsc1)CC1CCCC1. The highest BCUT2D eigenvalue weighted by Gasteiger charge is 2.17. The van der Waals surface area contributed by atoms with Gasteiger partial charge in [0.25, 0.3) is 0 Å². The third-order valence-electron chi connectivity index (χ3n) is 3.49. The molecule has 84 valence electrons. The Morgan fingerprint density at radius 1 is 1.40 bits per heavy atom. The third kappa shape index (κ3) is 3.62. The standard InChI is InChI=1S/C13H21NS/c14-13(9-11-3-1-2-4-11)6-5-12-7-8-15-10-12/h7-8,10-11,13H,1-6,9,14H2. The van der Waals surface area contributed by atoms with E-state index in [0.29, 0.717) is 6.04 Å². The van der Waals surface area contributed by atoms with Crippen molar-refractivity contribution in [2.24, 2.45) is 11.7 Å². The van der Waals surface area contributed by atoms with Gasteiger partial charge >= 0.3 is 0 Å². The summed E-state index contributed by atoms with van der Waals surface area (Å²) < 4.78 is 0. The van der Waals surface area contributed by atoms with Gasteiger partial charge in [0.1, 0.15) is 0 Å². The lowest BCUT2D eigenvalue weighted by molar-refractivity contribution is 0.427. The average Bonchev–Trinajstić information content (AvgIpc) is 2.86. The Morgan fingerprint density at radius 3 is 2.87 bits per heavy atom. The molecule has 1 aliphatic carbocycles. The van der Waals surface area contributed by atoms with E-state index in [1.807, 2.05) is 0 Å². The molecule has 1 heterocycles. The van der Waals surface area contributed by atoms with Crippen molar-refractivity contribution in [3.8, 4) is 0 Å². The summed E-state index contributed by atoms with van der Waals surface area (Å²) in [5.74, 6) is 0.933. The minimum Gasteiger partial charge on any atom is -0.328 e. The lowest BCUT2D eigenvalue weighted by Gasteiger charge is -2.15. The van der Waals surface area contributed by atoms with Crippen LogP contribution in [0.15, 0.2) is 16.8 Å². The van der Waals surface area contributed by atoms with Gasteiger partial charge in [-0.15, -0.1) is 0 Å². The highest BCUT2D eigenvalue weighted by molar-refractivity contribution is 7.07. The van der Waals surface area contributed by atoms with Crippen LogP contribution in [0.25, 0.3) is 0 Å². The Balaban J connectivity index is 1.66. The summed E-state index contributed by atoms with van der Waals surface area (Å²) in [7, 11) is 0. The maximum atomic E-state index is 6.17. The molecule has 1 atom stereocenters. The van der Waals surface area contributed by atoms with Crippen LogP contribution in [0.5, 0.6) is 0 Å². The number of aryl methyl sites for hydroxylation is 1. The predicted molar refractivity (Wildman–Crippen MR) is 67.2 cm³/mol. The van der Waals surface area contributed by atoms with Gasteiger partial charge in [-0.05, 0) is 47.6 Å². The van der Waals surface area contributed by atoms with Gasteiger partial charge in [0.15, 0.2) is 0 Å². The lowest BCUT2D eigenvalue weighted by atomic mass is 9.95. The van der Waals surface area contributed by atoms with Crippen LogP contribution in [0.4, 0.5) is 0 Å². The summed E-state index contributed by atoms with van der Waals surface area (Å²) in [5.41, 5.74) is 7.63. The maximum Gasteiger partial charge on any atom is 0.00446 e. The van der Waals surface area contributed by atoms with Crippen molar-refractivity contribution in [2.75, 3.05) is 0 Å². The van der Waals surface area contributed by atoms with Crippen molar-refractivity contribution in [1.29, 1.82) is 0 Å². The summed E-state index contributed by atoms with van der Waals surface area (Å²) in [6.45, 7) is 0. The van der Waals surface area contributed by atoms with Gasteiger partial charge in [0, 0.05) is 6.04 Å². The molecule has 0 amide bonds. The second-order valence-corrected chi connectivity index (χ2v) is 5.60. The van der Waals surface area contributed by atoms with Crippen molar-refractivity contribution in [1.82, 2.24) is 0 Å². The molecular formula is C13H21NS. The van der Waals surface area contributed by atoms with Gasteiger partial charge in [0.05, 0.1) is 0 Å². The van der Waals surface area contributed by atoms with Gasteiger partial charge in [0.2, 0.25) is 0 Å². The van der Waals surface area contributed by atoms with Crippen molar-refractivity contribution in [2.45, 2.75) is 51.0 Å². The van der Waals surface area contributed by atoms with E-state index in [4.69, 9.17) is 5.73 Å². The molecule has 2 N–H and O–H groups in total. The first-order chi connectivity index (χ1) is 7.34. The zero-order valence-corrected chi connectivity index (χ0v) is 10.1. The molecule has 1 nitrogen and oxygen atoms in total. The Morgan fingerprint density at radius 2 is 2.20 bits per heavy atom. The van der Waals surface area contributed by atoms with E-state index in [1.54, 1.807) is 11.3 Å². The van der Waals surface area contributed by atoms with E-state index in [0.717, 1.165) is 18.8 Å². The number of hydrogen-bond donors (Lipinski definition) is 1. The van der Waals surface area contributed by atoms with E-state index in [9.17, 15) is 0 Å². The fraction of sp³-hybridized carbons (Fsp3) is 0.692. The monoisotopic (exact) mass is 223 g/mol. The number of rotatable bonds is 5. The van der Waals surface area contributed by atoms with Crippen molar-refractivity contribution >= 4 is 11.3 Å². The summed E-state index contributed by atoms with van der Waals surface area (Å²) in [5, 5.41) is 4.39. The van der Waals surface area contributed by atoms with E-state index in [-0.39, 0.29) is 0 Å². The van der Waals surface area contributed by atoms with Crippen molar-refractivity contribution in [3.63, 3.8) is 0 Å². The van der Waals surface area contributed by atoms with Gasteiger partial charge in [-0.1, -0.05) is 25.7 Å². The highest BCUT2D eigenvalue weighted by Crippen LogP contribution is 2.28. The Labute approximate surface area is 96.7 Å². The molecule has 2 heteroatoms. The van der Waals surface area contributed by atoms with Crippen LogP contribution < -0.4 is 5.73 Å². The molecule has 1 unspecified atom stereocenters. The van der Waals surface area contributed by atoms with Crippen LogP contribution in [0.3, 0.4) is 0 Å². The third-order valence-corrected chi connectivity index (χ3v) is 4.23. The molecule has 0 aromatic carbocycles. The second-order valence-electron chi connectivity index (χ2n) is 4.82. The maximum absolute atomic E-state index is 6.17. The van der Waals surface area contributed by atoms with Crippen LogP contribution in [-0.4, -0.2) is 6.04 Å². The smallest absolute Gasteiger partial charge is 0.00446 e. The topological polar surface area (TPSA) is 26.0 Å². The molecule has 0 aliphatic heterocycles. The molecular weight excluding hydrogens is 202 g/mol. The van der Waals surface area contributed by atoms with Gasteiger partial charge < -0.3 is 5.73 Å². The minimum atomic E-state index is 0.424. The Bertz CT molecular complexity index is 262. The zero-order valence-electron chi connectivity index (χ0n) is 9.32. The first-order valence-corrected chi connectivity index (χ1v) is 7.05.